The van der Waals surface area contributed by atoms with Crippen LogP contribution in [0.15, 0.2) is 78.0 Å². The van der Waals surface area contributed by atoms with E-state index in [0.29, 0.717) is 12.1 Å². The van der Waals surface area contributed by atoms with Crippen LogP contribution in [-0.4, -0.2) is 26.9 Å². The van der Waals surface area contributed by atoms with Gasteiger partial charge in [0, 0.05) is 34.2 Å². The SMILES string of the molecule is COc1ccc(Cn2ncc3c4cc(-c5cccnc5)ccc4[nH]c(=O)c32)cc1. The summed E-state index contributed by atoms with van der Waals surface area (Å²) in [5, 5.41) is 6.30. The topological polar surface area (TPSA) is 72.8 Å². The van der Waals surface area contributed by atoms with E-state index in [9.17, 15) is 4.79 Å². The molecule has 0 atom stereocenters. The number of hydrogen-bond donors (Lipinski definition) is 1. The second-order valence-corrected chi connectivity index (χ2v) is 6.87. The summed E-state index contributed by atoms with van der Waals surface area (Å²) in [5.41, 5.74) is 4.32. The van der Waals surface area contributed by atoms with E-state index in [1.54, 1.807) is 24.2 Å². The second kappa shape index (κ2) is 6.91. The molecule has 3 heterocycles. The van der Waals surface area contributed by atoms with Gasteiger partial charge in [0.2, 0.25) is 0 Å². The maximum absolute atomic E-state index is 12.8. The number of pyridine rings is 2. The maximum atomic E-state index is 12.8. The summed E-state index contributed by atoms with van der Waals surface area (Å²) in [6, 6.07) is 17.7. The predicted octanol–water partition coefficient (Wildman–Crippen LogP) is 4.00. The summed E-state index contributed by atoms with van der Waals surface area (Å²) < 4.78 is 6.95. The van der Waals surface area contributed by atoms with Gasteiger partial charge in [0.1, 0.15) is 11.3 Å². The molecule has 0 unspecified atom stereocenters. The minimum absolute atomic E-state index is 0.146. The molecule has 0 aliphatic rings. The summed E-state index contributed by atoms with van der Waals surface area (Å²) in [6.07, 6.45) is 5.35. The monoisotopic (exact) mass is 382 g/mol. The Labute approximate surface area is 166 Å². The lowest BCUT2D eigenvalue weighted by Crippen LogP contribution is -2.13. The molecule has 0 bridgehead atoms. The third kappa shape index (κ3) is 3.04. The van der Waals surface area contributed by atoms with Gasteiger partial charge < -0.3 is 9.72 Å². The zero-order valence-electron chi connectivity index (χ0n) is 15.8. The Bertz CT molecular complexity index is 1370. The van der Waals surface area contributed by atoms with Crippen molar-refractivity contribution in [1.82, 2.24) is 19.7 Å². The molecule has 0 saturated carbocycles. The van der Waals surface area contributed by atoms with E-state index in [2.05, 4.69) is 21.1 Å². The van der Waals surface area contributed by atoms with E-state index in [0.717, 1.165) is 38.7 Å². The van der Waals surface area contributed by atoms with E-state index in [1.807, 2.05) is 54.7 Å². The molecule has 1 N–H and O–H groups in total. The second-order valence-electron chi connectivity index (χ2n) is 6.87. The highest BCUT2D eigenvalue weighted by Gasteiger charge is 2.13. The van der Waals surface area contributed by atoms with Crippen LogP contribution in [0.4, 0.5) is 0 Å². The summed E-state index contributed by atoms with van der Waals surface area (Å²) in [7, 11) is 1.64. The molecule has 5 aromatic rings. The molecule has 6 nitrogen and oxygen atoms in total. The number of aromatic nitrogens is 4. The van der Waals surface area contributed by atoms with Gasteiger partial charge in [-0.1, -0.05) is 24.3 Å². The molecule has 29 heavy (non-hydrogen) atoms. The average molecular weight is 382 g/mol. The van der Waals surface area contributed by atoms with Gasteiger partial charge in [-0.15, -0.1) is 0 Å². The molecular formula is C23H18N4O2. The largest absolute Gasteiger partial charge is 0.497 e. The van der Waals surface area contributed by atoms with E-state index >= 15 is 0 Å². The third-order valence-electron chi connectivity index (χ3n) is 5.10. The summed E-state index contributed by atoms with van der Waals surface area (Å²) in [5.74, 6) is 0.797. The van der Waals surface area contributed by atoms with Crippen LogP contribution < -0.4 is 10.3 Å². The Morgan fingerprint density at radius 2 is 1.86 bits per heavy atom. The Balaban J connectivity index is 1.64. The van der Waals surface area contributed by atoms with Crippen molar-refractivity contribution in [1.29, 1.82) is 0 Å². The number of methoxy groups -OCH3 is 1. The minimum Gasteiger partial charge on any atom is -0.497 e. The Morgan fingerprint density at radius 1 is 1.00 bits per heavy atom. The van der Waals surface area contributed by atoms with E-state index in [1.165, 1.54) is 0 Å². The molecule has 0 radical (unpaired) electrons. The highest BCUT2D eigenvalue weighted by atomic mass is 16.5. The van der Waals surface area contributed by atoms with Crippen LogP contribution in [0.5, 0.6) is 5.75 Å². The van der Waals surface area contributed by atoms with Crippen molar-refractivity contribution in [3.05, 3.63) is 89.1 Å². The van der Waals surface area contributed by atoms with Gasteiger partial charge in [0.25, 0.3) is 5.56 Å². The number of nitrogens with one attached hydrogen (secondary N) is 1. The number of hydrogen-bond acceptors (Lipinski definition) is 4. The number of fused-ring (bicyclic) bond motifs is 3. The quantitative estimate of drug-likeness (QED) is 0.510. The minimum atomic E-state index is -0.146. The average Bonchev–Trinajstić information content (AvgIpc) is 3.19. The van der Waals surface area contributed by atoms with Gasteiger partial charge in [0.15, 0.2) is 0 Å². The van der Waals surface area contributed by atoms with Gasteiger partial charge in [-0.3, -0.25) is 14.5 Å². The smallest absolute Gasteiger partial charge is 0.274 e. The molecule has 6 heteroatoms. The van der Waals surface area contributed by atoms with Crippen molar-refractivity contribution in [3.63, 3.8) is 0 Å². The molecule has 3 aromatic heterocycles. The number of H-pyrrole nitrogens is 1. The highest BCUT2D eigenvalue weighted by Crippen LogP contribution is 2.27. The standard InChI is InChI=1S/C23H18N4O2/c1-29-18-7-4-15(5-8-18)14-27-22-20(13-25-27)19-11-16(17-3-2-10-24-12-17)6-9-21(19)26-23(22)28/h2-13H,14H2,1H3,(H,26,28). The first kappa shape index (κ1) is 17.2. The van der Waals surface area contributed by atoms with Gasteiger partial charge in [-0.25, -0.2) is 0 Å². The van der Waals surface area contributed by atoms with Crippen molar-refractivity contribution in [3.8, 4) is 16.9 Å². The van der Waals surface area contributed by atoms with Crippen LogP contribution in [0.25, 0.3) is 32.9 Å². The first-order valence-corrected chi connectivity index (χ1v) is 9.28. The van der Waals surface area contributed by atoms with E-state index in [4.69, 9.17) is 4.74 Å². The highest BCUT2D eigenvalue weighted by molar-refractivity contribution is 6.05. The predicted molar refractivity (Wildman–Crippen MR) is 113 cm³/mol. The Hall–Kier alpha value is -3.93. The molecule has 5 rings (SSSR count). The van der Waals surface area contributed by atoms with Crippen molar-refractivity contribution in [2.24, 2.45) is 0 Å². The number of rotatable bonds is 4. The maximum Gasteiger partial charge on any atom is 0.274 e. The lowest BCUT2D eigenvalue weighted by Gasteiger charge is -2.07. The molecule has 0 aliphatic heterocycles. The fourth-order valence-corrected chi connectivity index (χ4v) is 3.62. The molecule has 2 aromatic carbocycles. The fraction of sp³-hybridized carbons (Fsp3) is 0.0870. The van der Waals surface area contributed by atoms with E-state index in [-0.39, 0.29) is 5.56 Å². The van der Waals surface area contributed by atoms with E-state index < -0.39 is 0 Å². The van der Waals surface area contributed by atoms with Gasteiger partial charge in [-0.05, 0) is 41.5 Å². The zero-order valence-corrected chi connectivity index (χ0v) is 15.8. The lowest BCUT2D eigenvalue weighted by atomic mass is 10.0. The van der Waals surface area contributed by atoms with Crippen molar-refractivity contribution >= 4 is 21.8 Å². The molecular weight excluding hydrogens is 364 g/mol. The van der Waals surface area contributed by atoms with Gasteiger partial charge in [0.05, 0.1) is 19.9 Å². The Kier molecular flexibility index (Phi) is 4.09. The first-order valence-electron chi connectivity index (χ1n) is 9.28. The molecule has 0 fully saturated rings. The molecule has 0 aliphatic carbocycles. The van der Waals surface area contributed by atoms with Crippen molar-refractivity contribution in [2.45, 2.75) is 6.54 Å². The van der Waals surface area contributed by atoms with Gasteiger partial charge >= 0.3 is 0 Å². The molecule has 0 spiro atoms. The van der Waals surface area contributed by atoms with Crippen LogP contribution in [-0.2, 0) is 6.54 Å². The summed E-state index contributed by atoms with van der Waals surface area (Å²) in [6.45, 7) is 0.504. The van der Waals surface area contributed by atoms with Crippen LogP contribution in [0.1, 0.15) is 5.56 Å². The number of nitrogens with zero attached hydrogens (tertiary/aromatic N) is 3. The number of ether oxygens (including phenoxy) is 1. The summed E-state index contributed by atoms with van der Waals surface area (Å²) >= 11 is 0. The number of benzene rings is 2. The molecule has 142 valence electrons. The van der Waals surface area contributed by atoms with Crippen LogP contribution >= 0.6 is 0 Å². The van der Waals surface area contributed by atoms with Crippen molar-refractivity contribution in [2.75, 3.05) is 7.11 Å². The first-order chi connectivity index (χ1) is 14.2. The van der Waals surface area contributed by atoms with Crippen LogP contribution in [0, 0.1) is 0 Å². The third-order valence-corrected chi connectivity index (χ3v) is 5.10. The summed E-state index contributed by atoms with van der Waals surface area (Å²) in [4.78, 5) is 20.0. The Morgan fingerprint density at radius 3 is 2.62 bits per heavy atom. The normalized spacial score (nSPS) is 11.2. The van der Waals surface area contributed by atoms with Gasteiger partial charge in [-0.2, -0.15) is 5.10 Å². The molecule has 0 amide bonds. The molecule has 0 saturated heterocycles. The van der Waals surface area contributed by atoms with Crippen LogP contribution in [0.2, 0.25) is 0 Å². The van der Waals surface area contributed by atoms with Crippen LogP contribution in [0.3, 0.4) is 0 Å². The number of aromatic amines is 1. The fourth-order valence-electron chi connectivity index (χ4n) is 3.62. The lowest BCUT2D eigenvalue weighted by molar-refractivity contribution is 0.414. The zero-order chi connectivity index (χ0) is 19.8. The van der Waals surface area contributed by atoms with Crippen molar-refractivity contribution < 1.29 is 4.74 Å².